The molecule has 0 aromatic heterocycles. The standard InChI is InChI=1S/C17H20N2O2/c18-16(15(20)11-13-7-3-1-4-8-13)17(21)19-12-14-9-5-2-6-10-14/h1-10,15-16,20H,11-12,18H2,(H,19,21)/t15?,16-/m1/s1. The van der Waals surface area contributed by atoms with Crippen LogP contribution in [0.3, 0.4) is 0 Å². The van der Waals surface area contributed by atoms with Crippen molar-refractivity contribution in [3.8, 4) is 0 Å². The van der Waals surface area contributed by atoms with Gasteiger partial charge in [-0.1, -0.05) is 60.7 Å². The molecule has 0 aliphatic heterocycles. The molecular weight excluding hydrogens is 264 g/mol. The van der Waals surface area contributed by atoms with Gasteiger partial charge in [0.15, 0.2) is 0 Å². The van der Waals surface area contributed by atoms with Crippen molar-refractivity contribution < 1.29 is 9.90 Å². The van der Waals surface area contributed by atoms with Crippen LogP contribution < -0.4 is 11.1 Å². The molecule has 0 radical (unpaired) electrons. The van der Waals surface area contributed by atoms with Crippen LogP contribution in [0, 0.1) is 0 Å². The molecule has 2 aromatic rings. The Morgan fingerprint density at radius 3 is 2.10 bits per heavy atom. The van der Waals surface area contributed by atoms with Crippen LogP contribution in [-0.4, -0.2) is 23.2 Å². The second-order valence-electron chi connectivity index (χ2n) is 4.99. The Balaban J connectivity index is 1.84. The van der Waals surface area contributed by atoms with Gasteiger partial charge in [-0.2, -0.15) is 0 Å². The molecule has 1 unspecified atom stereocenters. The lowest BCUT2D eigenvalue weighted by Gasteiger charge is -2.18. The summed E-state index contributed by atoms with van der Waals surface area (Å²) in [6, 6.07) is 18.1. The molecule has 4 nitrogen and oxygen atoms in total. The minimum atomic E-state index is -0.936. The highest BCUT2D eigenvalue weighted by atomic mass is 16.3. The molecule has 0 spiro atoms. The number of aliphatic hydroxyl groups is 1. The maximum atomic E-state index is 12.0. The molecule has 0 saturated heterocycles. The van der Waals surface area contributed by atoms with Crippen molar-refractivity contribution in [2.24, 2.45) is 5.73 Å². The maximum Gasteiger partial charge on any atom is 0.239 e. The zero-order valence-electron chi connectivity index (χ0n) is 11.8. The van der Waals surface area contributed by atoms with Gasteiger partial charge in [0, 0.05) is 13.0 Å². The van der Waals surface area contributed by atoms with E-state index in [1.807, 2.05) is 60.7 Å². The third-order valence-electron chi connectivity index (χ3n) is 3.31. The largest absolute Gasteiger partial charge is 0.391 e. The number of nitrogens with two attached hydrogens (primary N) is 1. The summed E-state index contributed by atoms with van der Waals surface area (Å²) < 4.78 is 0. The number of nitrogens with one attached hydrogen (secondary N) is 1. The molecular formula is C17H20N2O2. The van der Waals surface area contributed by atoms with E-state index in [1.165, 1.54) is 0 Å². The lowest BCUT2D eigenvalue weighted by molar-refractivity contribution is -0.124. The molecule has 4 N–H and O–H groups in total. The molecule has 0 fully saturated rings. The molecule has 0 bridgehead atoms. The summed E-state index contributed by atoms with van der Waals surface area (Å²) in [4.78, 5) is 12.0. The van der Waals surface area contributed by atoms with E-state index in [1.54, 1.807) is 0 Å². The first-order chi connectivity index (χ1) is 10.2. The lowest BCUT2D eigenvalue weighted by atomic mass is 10.0. The van der Waals surface area contributed by atoms with Gasteiger partial charge >= 0.3 is 0 Å². The number of rotatable bonds is 6. The Morgan fingerprint density at radius 2 is 1.52 bits per heavy atom. The van der Waals surface area contributed by atoms with E-state index in [4.69, 9.17) is 5.73 Å². The summed E-state index contributed by atoms with van der Waals surface area (Å²) in [6.45, 7) is 0.408. The van der Waals surface area contributed by atoms with Gasteiger partial charge in [0.25, 0.3) is 0 Å². The fourth-order valence-corrected chi connectivity index (χ4v) is 2.06. The van der Waals surface area contributed by atoms with E-state index in [9.17, 15) is 9.90 Å². The minimum absolute atomic E-state index is 0.345. The molecule has 0 heterocycles. The van der Waals surface area contributed by atoms with Gasteiger partial charge < -0.3 is 16.2 Å². The van der Waals surface area contributed by atoms with E-state index in [0.717, 1.165) is 11.1 Å². The lowest BCUT2D eigenvalue weighted by Crippen LogP contribution is -2.48. The van der Waals surface area contributed by atoms with E-state index >= 15 is 0 Å². The van der Waals surface area contributed by atoms with E-state index in [-0.39, 0.29) is 5.91 Å². The first-order valence-electron chi connectivity index (χ1n) is 6.96. The first kappa shape index (κ1) is 15.2. The number of aliphatic hydroxyl groups excluding tert-OH is 1. The van der Waals surface area contributed by atoms with Gasteiger partial charge in [-0.15, -0.1) is 0 Å². The van der Waals surface area contributed by atoms with Gasteiger partial charge in [-0.3, -0.25) is 4.79 Å². The third-order valence-corrected chi connectivity index (χ3v) is 3.31. The zero-order valence-corrected chi connectivity index (χ0v) is 11.8. The van der Waals surface area contributed by atoms with Crippen molar-refractivity contribution in [1.29, 1.82) is 0 Å². The smallest absolute Gasteiger partial charge is 0.239 e. The fourth-order valence-electron chi connectivity index (χ4n) is 2.06. The predicted molar refractivity (Wildman–Crippen MR) is 82.4 cm³/mol. The molecule has 1 amide bonds. The molecule has 110 valence electrons. The van der Waals surface area contributed by atoms with Crippen molar-refractivity contribution in [1.82, 2.24) is 5.32 Å². The predicted octanol–water partition coefficient (Wildman–Crippen LogP) is 1.23. The van der Waals surface area contributed by atoms with Crippen LogP contribution in [0.1, 0.15) is 11.1 Å². The minimum Gasteiger partial charge on any atom is -0.391 e. The van der Waals surface area contributed by atoms with Gasteiger partial charge in [-0.25, -0.2) is 0 Å². The van der Waals surface area contributed by atoms with Crippen LogP contribution >= 0.6 is 0 Å². The Hall–Kier alpha value is -2.17. The number of hydrogen-bond acceptors (Lipinski definition) is 3. The van der Waals surface area contributed by atoms with E-state index < -0.39 is 12.1 Å². The highest BCUT2D eigenvalue weighted by Crippen LogP contribution is 2.05. The quantitative estimate of drug-likeness (QED) is 0.747. The summed E-state index contributed by atoms with van der Waals surface area (Å²) in [6.07, 6.45) is -0.538. The number of amides is 1. The maximum absolute atomic E-state index is 12.0. The molecule has 2 aromatic carbocycles. The van der Waals surface area contributed by atoms with Crippen LogP contribution in [0.15, 0.2) is 60.7 Å². The normalized spacial score (nSPS) is 13.4. The Bertz CT molecular complexity index is 558. The van der Waals surface area contributed by atoms with E-state index in [2.05, 4.69) is 5.32 Å². The first-order valence-corrected chi connectivity index (χ1v) is 6.96. The fraction of sp³-hybridized carbons (Fsp3) is 0.235. The summed E-state index contributed by atoms with van der Waals surface area (Å²) >= 11 is 0. The second-order valence-corrected chi connectivity index (χ2v) is 4.99. The Labute approximate surface area is 124 Å². The number of carbonyl (C=O) groups is 1. The second kappa shape index (κ2) is 7.57. The average Bonchev–Trinajstić information content (AvgIpc) is 2.53. The summed E-state index contributed by atoms with van der Waals surface area (Å²) in [5.74, 6) is -0.345. The molecule has 0 saturated carbocycles. The highest BCUT2D eigenvalue weighted by molar-refractivity contribution is 5.82. The Kier molecular flexibility index (Phi) is 5.49. The zero-order chi connectivity index (χ0) is 15.1. The topological polar surface area (TPSA) is 75.4 Å². The summed E-state index contributed by atoms with van der Waals surface area (Å²) in [7, 11) is 0. The van der Waals surface area contributed by atoms with Crippen LogP contribution in [0.2, 0.25) is 0 Å². The SMILES string of the molecule is N[C@@H](C(=O)NCc1ccccc1)C(O)Cc1ccccc1. The number of benzene rings is 2. The average molecular weight is 284 g/mol. The van der Waals surface area contributed by atoms with E-state index in [0.29, 0.717) is 13.0 Å². The van der Waals surface area contributed by atoms with Crippen LogP contribution in [0.5, 0.6) is 0 Å². The number of carbonyl (C=O) groups excluding carboxylic acids is 1. The molecule has 2 atom stereocenters. The van der Waals surface area contributed by atoms with Crippen molar-refractivity contribution in [3.05, 3.63) is 71.8 Å². The van der Waals surface area contributed by atoms with Crippen molar-refractivity contribution in [2.45, 2.75) is 25.1 Å². The van der Waals surface area contributed by atoms with Crippen molar-refractivity contribution in [2.75, 3.05) is 0 Å². The Morgan fingerprint density at radius 1 is 1.00 bits per heavy atom. The summed E-state index contributed by atoms with van der Waals surface area (Å²) in [5.41, 5.74) is 7.76. The molecule has 21 heavy (non-hydrogen) atoms. The van der Waals surface area contributed by atoms with Gasteiger partial charge in [-0.05, 0) is 11.1 Å². The molecule has 4 heteroatoms. The molecule has 2 rings (SSSR count). The third kappa shape index (κ3) is 4.70. The number of hydrogen-bond donors (Lipinski definition) is 3. The van der Waals surface area contributed by atoms with Crippen LogP contribution in [0.4, 0.5) is 0 Å². The van der Waals surface area contributed by atoms with Crippen molar-refractivity contribution in [3.63, 3.8) is 0 Å². The van der Waals surface area contributed by atoms with Gasteiger partial charge in [0.2, 0.25) is 5.91 Å². The van der Waals surface area contributed by atoms with Crippen LogP contribution in [-0.2, 0) is 17.8 Å². The highest BCUT2D eigenvalue weighted by Gasteiger charge is 2.22. The van der Waals surface area contributed by atoms with Gasteiger partial charge in [0.1, 0.15) is 6.04 Å². The monoisotopic (exact) mass is 284 g/mol. The van der Waals surface area contributed by atoms with Gasteiger partial charge in [0.05, 0.1) is 6.10 Å². The van der Waals surface area contributed by atoms with Crippen LogP contribution in [0.25, 0.3) is 0 Å². The summed E-state index contributed by atoms with van der Waals surface area (Å²) in [5, 5.41) is 12.8. The molecule has 0 aliphatic carbocycles. The van der Waals surface area contributed by atoms with Crippen molar-refractivity contribution >= 4 is 5.91 Å². The molecule has 0 aliphatic rings.